The van der Waals surface area contributed by atoms with Gasteiger partial charge >= 0.3 is 5.97 Å². The van der Waals surface area contributed by atoms with Crippen LogP contribution in [0.2, 0.25) is 10.2 Å². The Hall–Kier alpha value is -2.31. The summed E-state index contributed by atoms with van der Waals surface area (Å²) in [5.41, 5.74) is 2.15. The average molecular weight is 424 g/mol. The van der Waals surface area contributed by atoms with Crippen LogP contribution in [0, 0.1) is 6.92 Å². The van der Waals surface area contributed by atoms with E-state index in [1.54, 1.807) is 17.7 Å². The molecule has 1 aromatic heterocycles. The fraction of sp³-hybridized carbons (Fsp3) is 0.350. The van der Waals surface area contributed by atoms with E-state index in [1.165, 1.54) is 19.1 Å². The summed E-state index contributed by atoms with van der Waals surface area (Å²) in [5, 5.41) is 8.09. The standard InChI is InChI=1S/C20H23Cl2N3O3/c1-4-11-23-20(27)14(3)28-18(26)10-9-16-13(2)24-25(19(16)22)12-15-7-5-6-8-17(15)21/h5-10,14H,4,11-12H2,1-3H3,(H,23,27)/b10-9+. The summed E-state index contributed by atoms with van der Waals surface area (Å²) in [6.07, 6.45) is 2.71. The maximum absolute atomic E-state index is 12.0. The van der Waals surface area contributed by atoms with Crippen molar-refractivity contribution in [2.24, 2.45) is 0 Å². The van der Waals surface area contributed by atoms with Crippen molar-refractivity contribution in [1.29, 1.82) is 0 Å². The van der Waals surface area contributed by atoms with Gasteiger partial charge in [0.25, 0.3) is 5.91 Å². The van der Waals surface area contributed by atoms with Crippen molar-refractivity contribution in [2.75, 3.05) is 6.54 Å². The number of rotatable bonds is 8. The molecule has 1 unspecified atom stereocenters. The molecule has 1 amide bonds. The number of hydrogen-bond donors (Lipinski definition) is 1. The molecule has 1 aromatic carbocycles. The first kappa shape index (κ1) is 22.0. The topological polar surface area (TPSA) is 73.2 Å². The van der Waals surface area contributed by atoms with Crippen LogP contribution in [0.25, 0.3) is 6.08 Å². The van der Waals surface area contributed by atoms with Gasteiger partial charge in [0.1, 0.15) is 5.15 Å². The van der Waals surface area contributed by atoms with E-state index in [9.17, 15) is 9.59 Å². The second kappa shape index (κ2) is 10.3. The number of benzene rings is 1. The molecule has 1 atom stereocenters. The Bertz CT molecular complexity index is 878. The van der Waals surface area contributed by atoms with Crippen LogP contribution in [0.1, 0.15) is 37.1 Å². The maximum atomic E-state index is 12.0. The second-order valence-electron chi connectivity index (χ2n) is 6.24. The predicted octanol–water partition coefficient (Wildman–Crippen LogP) is 4.02. The summed E-state index contributed by atoms with van der Waals surface area (Å²) in [6.45, 7) is 6.21. The van der Waals surface area contributed by atoms with Crippen LogP contribution in [0.15, 0.2) is 30.3 Å². The first-order valence-electron chi connectivity index (χ1n) is 8.96. The minimum Gasteiger partial charge on any atom is -0.449 e. The van der Waals surface area contributed by atoms with Gasteiger partial charge in [-0.25, -0.2) is 9.48 Å². The number of aromatic nitrogens is 2. The molecule has 0 radical (unpaired) electrons. The molecule has 0 aliphatic heterocycles. The van der Waals surface area contributed by atoms with Gasteiger partial charge in [0.05, 0.1) is 12.2 Å². The monoisotopic (exact) mass is 423 g/mol. The number of amides is 1. The lowest BCUT2D eigenvalue weighted by atomic mass is 10.2. The van der Waals surface area contributed by atoms with Gasteiger partial charge in [0, 0.05) is 23.2 Å². The number of ether oxygens (including phenoxy) is 1. The zero-order chi connectivity index (χ0) is 20.7. The highest BCUT2D eigenvalue weighted by Gasteiger charge is 2.17. The summed E-state index contributed by atoms with van der Waals surface area (Å²) >= 11 is 12.6. The number of esters is 1. The van der Waals surface area contributed by atoms with Crippen LogP contribution >= 0.6 is 23.2 Å². The van der Waals surface area contributed by atoms with E-state index in [-0.39, 0.29) is 5.91 Å². The molecule has 0 saturated heterocycles. The highest BCUT2D eigenvalue weighted by molar-refractivity contribution is 6.32. The SMILES string of the molecule is CCCNC(=O)C(C)OC(=O)/C=C/c1c(C)nn(Cc2ccccc2Cl)c1Cl. The summed E-state index contributed by atoms with van der Waals surface area (Å²) < 4.78 is 6.72. The van der Waals surface area contributed by atoms with E-state index in [0.29, 0.717) is 34.5 Å². The lowest BCUT2D eigenvalue weighted by Gasteiger charge is -2.11. The van der Waals surface area contributed by atoms with E-state index in [2.05, 4.69) is 10.4 Å². The largest absolute Gasteiger partial charge is 0.449 e. The quantitative estimate of drug-likeness (QED) is 0.513. The minimum absolute atomic E-state index is 0.328. The molecule has 0 saturated carbocycles. The maximum Gasteiger partial charge on any atom is 0.331 e. The molecule has 6 nitrogen and oxygen atoms in total. The molecule has 1 heterocycles. The Labute approximate surface area is 174 Å². The number of hydrogen-bond acceptors (Lipinski definition) is 4. The smallest absolute Gasteiger partial charge is 0.331 e. The van der Waals surface area contributed by atoms with Crippen LogP contribution in [-0.2, 0) is 20.9 Å². The lowest BCUT2D eigenvalue weighted by Crippen LogP contribution is -2.35. The average Bonchev–Trinajstić information content (AvgIpc) is 2.92. The molecule has 0 bridgehead atoms. The summed E-state index contributed by atoms with van der Waals surface area (Å²) in [5.74, 6) is -0.959. The van der Waals surface area contributed by atoms with Crippen LogP contribution in [0.5, 0.6) is 0 Å². The number of aryl methyl sites for hydroxylation is 1. The molecule has 0 fully saturated rings. The van der Waals surface area contributed by atoms with Crippen molar-refractivity contribution < 1.29 is 14.3 Å². The third-order valence-electron chi connectivity index (χ3n) is 3.98. The third kappa shape index (κ3) is 5.84. The van der Waals surface area contributed by atoms with Gasteiger partial charge in [0.2, 0.25) is 0 Å². The molecule has 2 aromatic rings. The van der Waals surface area contributed by atoms with E-state index in [1.807, 2.05) is 25.1 Å². The minimum atomic E-state index is -0.872. The first-order valence-corrected chi connectivity index (χ1v) is 9.71. The molecule has 1 N–H and O–H groups in total. The molecular formula is C20H23Cl2N3O3. The van der Waals surface area contributed by atoms with Gasteiger partial charge in [-0.1, -0.05) is 48.3 Å². The molecular weight excluding hydrogens is 401 g/mol. The Morgan fingerprint density at radius 1 is 1.32 bits per heavy atom. The highest BCUT2D eigenvalue weighted by atomic mass is 35.5. The van der Waals surface area contributed by atoms with Crippen molar-refractivity contribution >= 4 is 41.2 Å². The fourth-order valence-electron chi connectivity index (χ4n) is 2.46. The zero-order valence-electron chi connectivity index (χ0n) is 16.0. The number of nitrogens with one attached hydrogen (secondary N) is 1. The van der Waals surface area contributed by atoms with Crippen LogP contribution < -0.4 is 5.32 Å². The number of carbonyl (C=O) groups is 2. The Kier molecular flexibility index (Phi) is 8.08. The van der Waals surface area contributed by atoms with Crippen molar-refractivity contribution in [3.8, 4) is 0 Å². The summed E-state index contributed by atoms with van der Waals surface area (Å²) in [4.78, 5) is 23.8. The van der Waals surface area contributed by atoms with Gasteiger partial charge in [-0.2, -0.15) is 5.10 Å². The number of nitrogens with zero attached hydrogens (tertiary/aromatic N) is 2. The van der Waals surface area contributed by atoms with E-state index >= 15 is 0 Å². The summed E-state index contributed by atoms with van der Waals surface area (Å²) in [7, 11) is 0. The van der Waals surface area contributed by atoms with Crippen LogP contribution in [-0.4, -0.2) is 34.3 Å². The van der Waals surface area contributed by atoms with Crippen molar-refractivity contribution in [1.82, 2.24) is 15.1 Å². The molecule has 28 heavy (non-hydrogen) atoms. The van der Waals surface area contributed by atoms with Gasteiger partial charge in [-0.15, -0.1) is 0 Å². The van der Waals surface area contributed by atoms with Crippen LogP contribution in [0.4, 0.5) is 0 Å². The molecule has 150 valence electrons. The van der Waals surface area contributed by atoms with E-state index in [0.717, 1.165) is 12.0 Å². The second-order valence-corrected chi connectivity index (χ2v) is 7.01. The van der Waals surface area contributed by atoms with Crippen molar-refractivity contribution in [2.45, 2.75) is 39.8 Å². The molecule has 8 heteroatoms. The lowest BCUT2D eigenvalue weighted by molar-refractivity contribution is -0.150. The Balaban J connectivity index is 2.05. The summed E-state index contributed by atoms with van der Waals surface area (Å²) in [6, 6.07) is 7.44. The van der Waals surface area contributed by atoms with Crippen molar-refractivity contribution in [3.05, 3.63) is 57.3 Å². The molecule has 2 rings (SSSR count). The predicted molar refractivity (Wildman–Crippen MR) is 110 cm³/mol. The van der Waals surface area contributed by atoms with Gasteiger partial charge < -0.3 is 10.1 Å². The molecule has 0 aliphatic rings. The first-order chi connectivity index (χ1) is 13.3. The number of carbonyl (C=O) groups excluding carboxylic acids is 2. The number of halogens is 2. The van der Waals surface area contributed by atoms with Crippen molar-refractivity contribution in [3.63, 3.8) is 0 Å². The van der Waals surface area contributed by atoms with E-state index < -0.39 is 12.1 Å². The third-order valence-corrected chi connectivity index (χ3v) is 4.75. The van der Waals surface area contributed by atoms with Crippen LogP contribution in [0.3, 0.4) is 0 Å². The molecule has 0 aliphatic carbocycles. The van der Waals surface area contributed by atoms with E-state index in [4.69, 9.17) is 27.9 Å². The Morgan fingerprint density at radius 3 is 2.71 bits per heavy atom. The fourth-order valence-corrected chi connectivity index (χ4v) is 2.95. The molecule has 0 spiro atoms. The highest BCUT2D eigenvalue weighted by Crippen LogP contribution is 2.24. The van der Waals surface area contributed by atoms with Gasteiger partial charge in [0.15, 0.2) is 6.10 Å². The van der Waals surface area contributed by atoms with Gasteiger partial charge in [-0.3, -0.25) is 4.79 Å². The Morgan fingerprint density at radius 2 is 2.04 bits per heavy atom. The van der Waals surface area contributed by atoms with Gasteiger partial charge in [-0.05, 0) is 38.0 Å². The normalized spacial score (nSPS) is 12.2. The zero-order valence-corrected chi connectivity index (χ0v) is 17.5.